The number of hydrogen-bond acceptors (Lipinski definition) is 5. The van der Waals surface area contributed by atoms with E-state index < -0.39 is 0 Å². The lowest BCUT2D eigenvalue weighted by atomic mass is 9.78. The van der Waals surface area contributed by atoms with Crippen LogP contribution in [0.5, 0.6) is 11.8 Å². The Kier molecular flexibility index (Phi) is 4.91. The first kappa shape index (κ1) is 15.2. The summed E-state index contributed by atoms with van der Waals surface area (Å²) in [5.41, 5.74) is -0.133. The Bertz CT molecular complexity index is 426. The van der Waals surface area contributed by atoms with Gasteiger partial charge in [-0.2, -0.15) is 9.97 Å². The zero-order chi connectivity index (χ0) is 14.6. The predicted molar refractivity (Wildman–Crippen MR) is 79.8 cm³/mol. The number of methoxy groups -OCH3 is 2. The number of rotatable bonds is 5. The molecule has 0 atom stereocenters. The third kappa shape index (κ3) is 3.45. The maximum Gasteiger partial charge on any atom is 0.229 e. The second-order valence-corrected chi connectivity index (χ2v) is 5.77. The summed E-state index contributed by atoms with van der Waals surface area (Å²) < 4.78 is 10.3. The summed E-state index contributed by atoms with van der Waals surface area (Å²) in [5, 5.41) is 3.40. The van der Waals surface area contributed by atoms with Crippen LogP contribution in [-0.4, -0.2) is 35.6 Å². The van der Waals surface area contributed by atoms with E-state index in [1.54, 1.807) is 20.3 Å². The number of ether oxygens (including phenoxy) is 2. The largest absolute Gasteiger partial charge is 0.481 e. The summed E-state index contributed by atoms with van der Waals surface area (Å²) in [5.74, 6) is 2.77. The van der Waals surface area contributed by atoms with E-state index in [1.165, 1.54) is 12.8 Å². The Morgan fingerprint density at radius 3 is 2.25 bits per heavy atom. The first-order valence-electron chi connectivity index (χ1n) is 6.92. The van der Waals surface area contributed by atoms with Gasteiger partial charge >= 0.3 is 0 Å². The third-order valence-corrected chi connectivity index (χ3v) is 4.47. The standard InChI is InChI=1S/C14H22ClN3O2/c1-10-4-6-14(9-15,7-5-10)18-13-16-11(19-2)8-12(17-13)20-3/h8,10H,4-7,9H2,1-3H3,(H,16,17,18). The highest BCUT2D eigenvalue weighted by Crippen LogP contribution is 2.35. The summed E-state index contributed by atoms with van der Waals surface area (Å²) in [6.07, 6.45) is 4.39. The second kappa shape index (κ2) is 6.48. The van der Waals surface area contributed by atoms with Crippen molar-refractivity contribution in [3.63, 3.8) is 0 Å². The lowest BCUT2D eigenvalue weighted by Crippen LogP contribution is -2.44. The van der Waals surface area contributed by atoms with Gasteiger partial charge in [-0.15, -0.1) is 11.6 Å². The SMILES string of the molecule is COc1cc(OC)nc(NC2(CCl)CCC(C)CC2)n1. The monoisotopic (exact) mass is 299 g/mol. The summed E-state index contributed by atoms with van der Waals surface area (Å²) in [6.45, 7) is 2.28. The lowest BCUT2D eigenvalue weighted by molar-refractivity contribution is 0.285. The first-order valence-corrected chi connectivity index (χ1v) is 7.45. The quantitative estimate of drug-likeness (QED) is 0.847. The smallest absolute Gasteiger partial charge is 0.229 e. The molecule has 0 aliphatic heterocycles. The number of nitrogens with zero attached hydrogens (tertiary/aromatic N) is 2. The van der Waals surface area contributed by atoms with Crippen LogP contribution in [0, 0.1) is 5.92 Å². The fourth-order valence-electron chi connectivity index (χ4n) is 2.51. The van der Waals surface area contributed by atoms with Crippen LogP contribution in [-0.2, 0) is 0 Å². The van der Waals surface area contributed by atoms with Crippen molar-refractivity contribution in [3.05, 3.63) is 6.07 Å². The molecule has 1 aliphatic rings. The van der Waals surface area contributed by atoms with Crippen molar-refractivity contribution in [2.45, 2.75) is 38.1 Å². The first-order chi connectivity index (χ1) is 9.60. The molecule has 0 spiro atoms. The summed E-state index contributed by atoms with van der Waals surface area (Å²) in [7, 11) is 3.15. The van der Waals surface area contributed by atoms with Gasteiger partial charge in [0.2, 0.25) is 17.7 Å². The van der Waals surface area contributed by atoms with E-state index in [0.717, 1.165) is 18.8 Å². The number of aromatic nitrogens is 2. The van der Waals surface area contributed by atoms with Crippen LogP contribution in [0.25, 0.3) is 0 Å². The van der Waals surface area contributed by atoms with E-state index in [1.807, 2.05) is 0 Å². The molecule has 0 amide bonds. The van der Waals surface area contributed by atoms with Crippen molar-refractivity contribution >= 4 is 17.5 Å². The molecule has 0 unspecified atom stereocenters. The van der Waals surface area contributed by atoms with E-state index in [-0.39, 0.29) is 5.54 Å². The van der Waals surface area contributed by atoms with Crippen molar-refractivity contribution in [1.29, 1.82) is 0 Å². The minimum absolute atomic E-state index is 0.133. The van der Waals surface area contributed by atoms with Gasteiger partial charge in [0.05, 0.1) is 25.8 Å². The molecular formula is C14H22ClN3O2. The normalized spacial score (nSPS) is 26.1. The number of hydrogen-bond donors (Lipinski definition) is 1. The molecule has 0 saturated heterocycles. The van der Waals surface area contributed by atoms with Crippen molar-refractivity contribution in [2.75, 3.05) is 25.4 Å². The molecule has 1 N–H and O–H groups in total. The molecule has 2 rings (SSSR count). The number of anilines is 1. The van der Waals surface area contributed by atoms with Gasteiger partial charge in [-0.05, 0) is 31.6 Å². The van der Waals surface area contributed by atoms with Crippen LogP contribution in [0.3, 0.4) is 0 Å². The second-order valence-electron chi connectivity index (χ2n) is 5.50. The number of nitrogens with one attached hydrogen (secondary N) is 1. The topological polar surface area (TPSA) is 56.3 Å². The van der Waals surface area contributed by atoms with Crippen molar-refractivity contribution in [2.24, 2.45) is 5.92 Å². The molecule has 0 aromatic carbocycles. The summed E-state index contributed by atoms with van der Waals surface area (Å²) >= 11 is 6.20. The maximum atomic E-state index is 6.20. The van der Waals surface area contributed by atoms with E-state index in [4.69, 9.17) is 21.1 Å². The zero-order valence-electron chi connectivity index (χ0n) is 12.3. The van der Waals surface area contributed by atoms with Crippen molar-refractivity contribution < 1.29 is 9.47 Å². The van der Waals surface area contributed by atoms with Crippen LogP contribution < -0.4 is 14.8 Å². The molecule has 1 fully saturated rings. The number of alkyl halides is 1. The van der Waals surface area contributed by atoms with Crippen LogP contribution in [0.2, 0.25) is 0 Å². The van der Waals surface area contributed by atoms with E-state index in [2.05, 4.69) is 22.2 Å². The molecule has 1 aromatic rings. The molecule has 1 aliphatic carbocycles. The van der Waals surface area contributed by atoms with Gasteiger partial charge in [0, 0.05) is 5.88 Å². The van der Waals surface area contributed by atoms with Gasteiger partial charge in [-0.1, -0.05) is 6.92 Å². The van der Waals surface area contributed by atoms with Crippen LogP contribution in [0.4, 0.5) is 5.95 Å². The molecule has 0 bridgehead atoms. The number of halogens is 1. The minimum Gasteiger partial charge on any atom is -0.481 e. The summed E-state index contributed by atoms with van der Waals surface area (Å²) in [6, 6.07) is 1.65. The molecule has 112 valence electrons. The van der Waals surface area contributed by atoms with Gasteiger partial charge in [0.25, 0.3) is 0 Å². The van der Waals surface area contributed by atoms with E-state index in [9.17, 15) is 0 Å². The van der Waals surface area contributed by atoms with E-state index in [0.29, 0.717) is 23.6 Å². The van der Waals surface area contributed by atoms with Crippen LogP contribution in [0.15, 0.2) is 6.07 Å². The predicted octanol–water partition coefficient (Wildman–Crippen LogP) is 3.09. The molecule has 1 saturated carbocycles. The Morgan fingerprint density at radius 1 is 1.25 bits per heavy atom. The molecular weight excluding hydrogens is 278 g/mol. The highest BCUT2D eigenvalue weighted by Gasteiger charge is 2.34. The molecule has 1 heterocycles. The lowest BCUT2D eigenvalue weighted by Gasteiger charge is -2.38. The molecule has 6 heteroatoms. The summed E-state index contributed by atoms with van der Waals surface area (Å²) in [4.78, 5) is 8.65. The van der Waals surface area contributed by atoms with Crippen LogP contribution in [0.1, 0.15) is 32.6 Å². The highest BCUT2D eigenvalue weighted by molar-refractivity contribution is 6.18. The molecule has 0 radical (unpaired) electrons. The average Bonchev–Trinajstić information content (AvgIpc) is 2.49. The Morgan fingerprint density at radius 2 is 1.80 bits per heavy atom. The molecule has 1 aromatic heterocycles. The van der Waals surface area contributed by atoms with Gasteiger partial charge in [0.15, 0.2) is 0 Å². The fraction of sp³-hybridized carbons (Fsp3) is 0.714. The Labute approximate surface area is 125 Å². The van der Waals surface area contributed by atoms with Gasteiger partial charge in [-0.25, -0.2) is 0 Å². The Balaban J connectivity index is 2.18. The highest BCUT2D eigenvalue weighted by atomic mass is 35.5. The van der Waals surface area contributed by atoms with Crippen molar-refractivity contribution in [3.8, 4) is 11.8 Å². The minimum atomic E-state index is -0.133. The molecule has 20 heavy (non-hydrogen) atoms. The molecule has 5 nitrogen and oxygen atoms in total. The Hall–Kier alpha value is -1.23. The fourth-order valence-corrected chi connectivity index (χ4v) is 2.85. The van der Waals surface area contributed by atoms with Gasteiger partial charge in [0.1, 0.15) is 0 Å². The average molecular weight is 300 g/mol. The zero-order valence-corrected chi connectivity index (χ0v) is 13.0. The van der Waals surface area contributed by atoms with Gasteiger partial charge in [-0.3, -0.25) is 0 Å². The van der Waals surface area contributed by atoms with Crippen molar-refractivity contribution in [1.82, 2.24) is 9.97 Å². The third-order valence-electron chi connectivity index (χ3n) is 3.96. The van der Waals surface area contributed by atoms with Gasteiger partial charge < -0.3 is 14.8 Å². The van der Waals surface area contributed by atoms with E-state index >= 15 is 0 Å². The van der Waals surface area contributed by atoms with Crippen LogP contribution >= 0.6 is 11.6 Å². The maximum absolute atomic E-state index is 6.20.